The quantitative estimate of drug-likeness (QED) is 0.717. The molecule has 3 amide bonds. The van der Waals surface area contributed by atoms with Crippen molar-refractivity contribution in [2.24, 2.45) is 5.92 Å². The van der Waals surface area contributed by atoms with Gasteiger partial charge in [-0.1, -0.05) is 11.6 Å². The first-order chi connectivity index (χ1) is 15.4. The number of halogens is 1. The van der Waals surface area contributed by atoms with Crippen molar-refractivity contribution in [2.45, 2.75) is 38.9 Å². The predicted octanol–water partition coefficient (Wildman–Crippen LogP) is 2.63. The lowest BCUT2D eigenvalue weighted by atomic mass is 9.96. The number of piperazine rings is 1. The van der Waals surface area contributed by atoms with Crippen molar-refractivity contribution in [1.82, 2.24) is 15.1 Å². The fourth-order valence-corrected chi connectivity index (χ4v) is 5.31. The van der Waals surface area contributed by atoms with Gasteiger partial charge in [-0.25, -0.2) is 4.79 Å². The van der Waals surface area contributed by atoms with Gasteiger partial charge in [-0.15, -0.1) is 0 Å². The Labute approximate surface area is 195 Å². The van der Waals surface area contributed by atoms with Crippen molar-refractivity contribution in [3.05, 3.63) is 23.2 Å². The van der Waals surface area contributed by atoms with Crippen LogP contribution in [0.25, 0.3) is 0 Å². The molecule has 3 saturated heterocycles. The summed E-state index contributed by atoms with van der Waals surface area (Å²) in [7, 11) is 0. The van der Waals surface area contributed by atoms with E-state index in [0.29, 0.717) is 36.3 Å². The predicted molar refractivity (Wildman–Crippen MR) is 126 cm³/mol. The second-order valence-corrected chi connectivity index (χ2v) is 9.68. The largest absolute Gasteiger partial charge is 0.373 e. The van der Waals surface area contributed by atoms with E-state index >= 15 is 0 Å². The van der Waals surface area contributed by atoms with Gasteiger partial charge in [0.05, 0.1) is 29.5 Å². The van der Waals surface area contributed by atoms with E-state index in [1.165, 1.54) is 0 Å². The highest BCUT2D eigenvalue weighted by Crippen LogP contribution is 2.30. The van der Waals surface area contributed by atoms with E-state index in [9.17, 15) is 9.59 Å². The van der Waals surface area contributed by atoms with Crippen LogP contribution in [0.3, 0.4) is 0 Å². The number of piperidine rings is 1. The lowest BCUT2D eigenvalue weighted by Gasteiger charge is -2.39. The van der Waals surface area contributed by atoms with Crippen molar-refractivity contribution < 1.29 is 14.3 Å². The van der Waals surface area contributed by atoms with E-state index in [-0.39, 0.29) is 24.1 Å². The van der Waals surface area contributed by atoms with Crippen LogP contribution < -0.4 is 15.5 Å². The zero-order valence-corrected chi connectivity index (χ0v) is 19.7. The molecule has 0 aliphatic carbocycles. The Morgan fingerprint density at radius 2 is 1.91 bits per heavy atom. The van der Waals surface area contributed by atoms with Crippen molar-refractivity contribution >= 4 is 34.9 Å². The summed E-state index contributed by atoms with van der Waals surface area (Å²) in [5, 5.41) is 6.32. The van der Waals surface area contributed by atoms with Crippen molar-refractivity contribution in [3.8, 4) is 0 Å². The second kappa shape index (κ2) is 10.3. The summed E-state index contributed by atoms with van der Waals surface area (Å²) in [5.74, 6) is 0.609. The Morgan fingerprint density at radius 3 is 2.56 bits per heavy atom. The van der Waals surface area contributed by atoms with E-state index in [0.717, 1.165) is 51.3 Å². The van der Waals surface area contributed by atoms with Gasteiger partial charge in [-0.2, -0.15) is 0 Å². The van der Waals surface area contributed by atoms with Crippen LogP contribution in [0.4, 0.5) is 16.2 Å². The number of carbonyl (C=O) groups is 2. The van der Waals surface area contributed by atoms with Crippen molar-refractivity contribution in [1.29, 1.82) is 0 Å². The summed E-state index contributed by atoms with van der Waals surface area (Å²) < 4.78 is 5.83. The number of amides is 3. The summed E-state index contributed by atoms with van der Waals surface area (Å²) in [6, 6.07) is 5.39. The number of urea groups is 1. The Balaban J connectivity index is 1.26. The molecule has 0 saturated carbocycles. The number of likely N-dealkylation sites (tertiary alicyclic amines) is 1. The molecule has 2 N–H and O–H groups in total. The first kappa shape index (κ1) is 23.1. The minimum atomic E-state index is -0.0850. The highest BCUT2D eigenvalue weighted by atomic mass is 35.5. The van der Waals surface area contributed by atoms with E-state index in [1.54, 1.807) is 6.07 Å². The Bertz CT molecular complexity index is 820. The van der Waals surface area contributed by atoms with Gasteiger partial charge in [0.25, 0.3) is 0 Å². The number of anilines is 2. The van der Waals surface area contributed by atoms with Gasteiger partial charge < -0.3 is 25.2 Å². The molecular weight excluding hydrogens is 430 g/mol. The molecule has 4 rings (SSSR count). The summed E-state index contributed by atoms with van der Waals surface area (Å²) in [4.78, 5) is 30.8. The maximum atomic E-state index is 12.8. The van der Waals surface area contributed by atoms with Gasteiger partial charge in [0.2, 0.25) is 5.91 Å². The Hall–Kier alpha value is -2.03. The highest BCUT2D eigenvalue weighted by molar-refractivity contribution is 6.33. The molecule has 32 heavy (non-hydrogen) atoms. The zero-order valence-electron chi connectivity index (χ0n) is 19.0. The SMILES string of the molecule is CC1CN(CC2CCN(C(=O)Nc3ccc(N4CCNC(=O)C4)c(Cl)c3)CC2)CC(C)O1. The minimum Gasteiger partial charge on any atom is -0.373 e. The molecule has 3 aliphatic heterocycles. The van der Waals surface area contributed by atoms with E-state index < -0.39 is 0 Å². The molecule has 3 aliphatic rings. The van der Waals surface area contributed by atoms with Crippen LogP contribution in [-0.4, -0.2) is 86.3 Å². The summed E-state index contributed by atoms with van der Waals surface area (Å²) in [6.07, 6.45) is 2.61. The normalized spacial score (nSPS) is 25.5. The lowest BCUT2D eigenvalue weighted by molar-refractivity contribution is -0.120. The monoisotopic (exact) mass is 463 g/mol. The van der Waals surface area contributed by atoms with Gasteiger partial charge in [0, 0.05) is 51.5 Å². The number of morpholine rings is 1. The fourth-order valence-electron chi connectivity index (χ4n) is 5.01. The summed E-state index contributed by atoms with van der Waals surface area (Å²) >= 11 is 6.46. The van der Waals surface area contributed by atoms with Crippen molar-refractivity contribution in [2.75, 3.05) is 62.6 Å². The average molecular weight is 464 g/mol. The lowest BCUT2D eigenvalue weighted by Crippen LogP contribution is -2.49. The first-order valence-electron chi connectivity index (χ1n) is 11.6. The van der Waals surface area contributed by atoms with Crippen LogP contribution in [0.2, 0.25) is 5.02 Å². The molecule has 0 radical (unpaired) electrons. The Kier molecular flexibility index (Phi) is 7.43. The number of benzene rings is 1. The van der Waals surface area contributed by atoms with Crippen LogP contribution in [0.5, 0.6) is 0 Å². The molecule has 0 bridgehead atoms. The summed E-state index contributed by atoms with van der Waals surface area (Å²) in [5.41, 5.74) is 1.48. The van der Waals surface area contributed by atoms with Gasteiger partial charge in [-0.3, -0.25) is 9.69 Å². The van der Waals surface area contributed by atoms with Crippen molar-refractivity contribution in [3.63, 3.8) is 0 Å². The van der Waals surface area contributed by atoms with E-state index in [2.05, 4.69) is 29.4 Å². The first-order valence-corrected chi connectivity index (χ1v) is 12.0. The third-order valence-corrected chi connectivity index (χ3v) is 6.79. The minimum absolute atomic E-state index is 0.00857. The third kappa shape index (κ3) is 5.85. The molecule has 0 spiro atoms. The van der Waals surface area contributed by atoms with E-state index in [1.807, 2.05) is 21.9 Å². The molecule has 176 valence electrons. The second-order valence-electron chi connectivity index (χ2n) is 9.27. The molecule has 3 fully saturated rings. The van der Waals surface area contributed by atoms with Crippen LogP contribution >= 0.6 is 11.6 Å². The summed E-state index contributed by atoms with van der Waals surface area (Å²) in [6.45, 7) is 10.5. The van der Waals surface area contributed by atoms with Crippen LogP contribution in [0, 0.1) is 5.92 Å². The molecule has 2 atom stereocenters. The molecular formula is C23H34ClN5O3. The number of nitrogens with one attached hydrogen (secondary N) is 2. The zero-order chi connectivity index (χ0) is 22.7. The van der Waals surface area contributed by atoms with Crippen LogP contribution in [-0.2, 0) is 9.53 Å². The maximum absolute atomic E-state index is 12.8. The standard InChI is InChI=1S/C23H34ClN5O3/c1-16-12-27(13-17(2)32-16)14-18-5-8-28(9-6-18)23(31)26-19-3-4-21(20(24)11-19)29-10-7-25-22(30)15-29/h3-4,11,16-18H,5-10,12-15H2,1-2H3,(H,25,30)(H,26,31). The van der Waals surface area contributed by atoms with Gasteiger partial charge in [0.15, 0.2) is 0 Å². The molecule has 1 aromatic carbocycles. The molecule has 2 unspecified atom stereocenters. The molecule has 8 nitrogen and oxygen atoms in total. The third-order valence-electron chi connectivity index (χ3n) is 6.49. The van der Waals surface area contributed by atoms with Crippen LogP contribution in [0.1, 0.15) is 26.7 Å². The van der Waals surface area contributed by atoms with Gasteiger partial charge in [-0.05, 0) is 50.8 Å². The van der Waals surface area contributed by atoms with Gasteiger partial charge >= 0.3 is 6.03 Å². The molecule has 1 aromatic rings. The topological polar surface area (TPSA) is 77.2 Å². The number of rotatable bonds is 4. The van der Waals surface area contributed by atoms with Crippen LogP contribution in [0.15, 0.2) is 18.2 Å². The average Bonchev–Trinajstić information content (AvgIpc) is 2.73. The molecule has 0 aromatic heterocycles. The number of ether oxygens (including phenoxy) is 1. The maximum Gasteiger partial charge on any atom is 0.321 e. The number of carbonyl (C=O) groups excluding carboxylic acids is 2. The van der Waals surface area contributed by atoms with E-state index in [4.69, 9.17) is 16.3 Å². The smallest absolute Gasteiger partial charge is 0.321 e. The number of hydrogen-bond acceptors (Lipinski definition) is 5. The Morgan fingerprint density at radius 1 is 1.19 bits per heavy atom. The number of nitrogens with zero attached hydrogens (tertiary/aromatic N) is 3. The molecule has 3 heterocycles. The fraction of sp³-hybridized carbons (Fsp3) is 0.652. The molecule has 9 heteroatoms. The number of hydrogen-bond donors (Lipinski definition) is 2. The van der Waals surface area contributed by atoms with Gasteiger partial charge in [0.1, 0.15) is 0 Å². The highest BCUT2D eigenvalue weighted by Gasteiger charge is 2.28.